The Morgan fingerprint density at radius 1 is 1.03 bits per heavy atom. The molecule has 0 aliphatic rings. The zero-order valence-corrected chi connectivity index (χ0v) is 20.0. The lowest BCUT2D eigenvalue weighted by Gasteiger charge is -2.30. The summed E-state index contributed by atoms with van der Waals surface area (Å²) in [6, 6.07) is 7.50. The van der Waals surface area contributed by atoms with Gasteiger partial charge in [0.05, 0.1) is 11.9 Å². The minimum Gasteiger partial charge on any atom is -0.357 e. The molecule has 186 valence electrons. The van der Waals surface area contributed by atoms with Gasteiger partial charge >= 0.3 is 0 Å². The normalized spacial score (nSPS) is 12.2. The van der Waals surface area contributed by atoms with Gasteiger partial charge in [-0.1, -0.05) is 19.1 Å². The smallest absolute Gasteiger partial charge is 0.242 e. The van der Waals surface area contributed by atoms with Gasteiger partial charge < -0.3 is 10.2 Å². The third-order valence-corrected chi connectivity index (χ3v) is 6.44. The average molecular weight is 500 g/mol. The second-order valence-electron chi connectivity index (χ2n) is 7.72. The second kappa shape index (κ2) is 11.9. The van der Waals surface area contributed by atoms with Crippen LogP contribution < -0.4 is 9.62 Å². The van der Waals surface area contributed by atoms with Crippen LogP contribution in [-0.2, 0) is 26.2 Å². The van der Waals surface area contributed by atoms with Crippen LogP contribution in [0.4, 0.5) is 18.9 Å². The fraction of sp³-hybridized carbons (Fsp3) is 0.391. The van der Waals surface area contributed by atoms with Crippen molar-refractivity contribution in [3.05, 3.63) is 65.5 Å². The SMILES string of the molecule is CC[C@H](C(=O)NC)N(Cc1ccc(F)cc1)C(=O)CCCN(c1ccc(F)c(F)c1)S(C)(=O)=O. The molecule has 0 bridgehead atoms. The van der Waals surface area contributed by atoms with E-state index in [2.05, 4.69) is 5.32 Å². The van der Waals surface area contributed by atoms with Gasteiger partial charge in [0.2, 0.25) is 21.8 Å². The highest BCUT2D eigenvalue weighted by Crippen LogP contribution is 2.22. The van der Waals surface area contributed by atoms with Gasteiger partial charge in [-0.25, -0.2) is 21.6 Å². The number of sulfonamides is 1. The van der Waals surface area contributed by atoms with Gasteiger partial charge in [0.15, 0.2) is 11.6 Å². The Balaban J connectivity index is 2.19. The Hall–Kier alpha value is -3.08. The number of amides is 2. The number of nitrogens with zero attached hydrogens (tertiary/aromatic N) is 2. The van der Waals surface area contributed by atoms with E-state index in [-0.39, 0.29) is 37.5 Å². The third-order valence-electron chi connectivity index (χ3n) is 5.24. The molecular weight excluding hydrogens is 471 g/mol. The average Bonchev–Trinajstić information content (AvgIpc) is 2.78. The number of anilines is 1. The van der Waals surface area contributed by atoms with E-state index in [1.807, 2.05) is 0 Å². The fourth-order valence-corrected chi connectivity index (χ4v) is 4.47. The predicted molar refractivity (Wildman–Crippen MR) is 123 cm³/mol. The van der Waals surface area contributed by atoms with Crippen LogP contribution in [0.5, 0.6) is 0 Å². The molecule has 1 N–H and O–H groups in total. The second-order valence-corrected chi connectivity index (χ2v) is 9.63. The number of rotatable bonds is 11. The number of hydrogen-bond acceptors (Lipinski definition) is 4. The third kappa shape index (κ3) is 7.21. The van der Waals surface area contributed by atoms with Crippen LogP contribution in [0.25, 0.3) is 0 Å². The van der Waals surface area contributed by atoms with Crippen molar-refractivity contribution in [3.8, 4) is 0 Å². The van der Waals surface area contributed by atoms with Crippen molar-refractivity contribution in [2.45, 2.75) is 38.8 Å². The largest absolute Gasteiger partial charge is 0.357 e. The molecule has 2 rings (SSSR count). The molecule has 0 heterocycles. The predicted octanol–water partition coefficient (Wildman–Crippen LogP) is 3.20. The van der Waals surface area contributed by atoms with Crippen molar-refractivity contribution in [2.75, 3.05) is 24.2 Å². The van der Waals surface area contributed by atoms with Crippen molar-refractivity contribution in [1.29, 1.82) is 0 Å². The van der Waals surface area contributed by atoms with Crippen LogP contribution in [0.1, 0.15) is 31.7 Å². The van der Waals surface area contributed by atoms with Crippen molar-refractivity contribution >= 4 is 27.5 Å². The van der Waals surface area contributed by atoms with E-state index in [1.54, 1.807) is 6.92 Å². The quantitative estimate of drug-likeness (QED) is 0.515. The van der Waals surface area contributed by atoms with Gasteiger partial charge in [-0.3, -0.25) is 13.9 Å². The van der Waals surface area contributed by atoms with Crippen LogP contribution in [-0.4, -0.2) is 51.0 Å². The highest BCUT2D eigenvalue weighted by atomic mass is 32.2. The molecule has 0 fully saturated rings. The molecule has 0 saturated heterocycles. The Kier molecular flexibility index (Phi) is 9.48. The summed E-state index contributed by atoms with van der Waals surface area (Å²) < 4.78 is 65.5. The monoisotopic (exact) mass is 499 g/mol. The van der Waals surface area contributed by atoms with Crippen LogP contribution in [0, 0.1) is 17.5 Å². The Bertz CT molecular complexity index is 1110. The molecule has 0 radical (unpaired) electrons. The highest BCUT2D eigenvalue weighted by Gasteiger charge is 2.28. The number of carbonyl (C=O) groups excluding carboxylic acids is 2. The molecule has 7 nitrogen and oxygen atoms in total. The summed E-state index contributed by atoms with van der Waals surface area (Å²) in [5, 5.41) is 2.53. The summed E-state index contributed by atoms with van der Waals surface area (Å²) in [5.41, 5.74) is 0.561. The number of benzene rings is 2. The highest BCUT2D eigenvalue weighted by molar-refractivity contribution is 7.92. The van der Waals surface area contributed by atoms with Crippen molar-refractivity contribution in [1.82, 2.24) is 10.2 Å². The Labute approximate surface area is 197 Å². The molecule has 0 unspecified atom stereocenters. The van der Waals surface area contributed by atoms with Gasteiger partial charge in [-0.2, -0.15) is 0 Å². The van der Waals surface area contributed by atoms with Gasteiger partial charge in [-0.15, -0.1) is 0 Å². The summed E-state index contributed by atoms with van der Waals surface area (Å²) >= 11 is 0. The van der Waals surface area contributed by atoms with E-state index in [1.165, 1.54) is 36.2 Å². The molecule has 2 aromatic rings. The minimum atomic E-state index is -3.84. The van der Waals surface area contributed by atoms with Crippen LogP contribution in [0.2, 0.25) is 0 Å². The molecule has 0 aliphatic heterocycles. The molecule has 34 heavy (non-hydrogen) atoms. The van der Waals surface area contributed by atoms with E-state index in [4.69, 9.17) is 0 Å². The first-order valence-corrected chi connectivity index (χ1v) is 12.5. The molecule has 0 spiro atoms. The number of likely N-dealkylation sites (N-methyl/N-ethyl adjacent to an activating group) is 1. The number of hydrogen-bond donors (Lipinski definition) is 1. The van der Waals surface area contributed by atoms with E-state index in [9.17, 15) is 31.2 Å². The molecular formula is C23H28F3N3O4S. The van der Waals surface area contributed by atoms with E-state index in [0.29, 0.717) is 12.0 Å². The maximum Gasteiger partial charge on any atom is 0.242 e. The standard InChI is InChI=1S/C23H28F3N3O4S/c1-4-21(23(31)27-2)28(15-16-7-9-17(24)10-8-16)22(30)6-5-13-29(34(3,32)33)18-11-12-19(25)20(26)14-18/h7-12,14,21H,4-6,13,15H2,1-3H3,(H,27,31)/t21-/m1/s1. The summed E-state index contributed by atoms with van der Waals surface area (Å²) in [4.78, 5) is 26.8. The van der Waals surface area contributed by atoms with Gasteiger partial charge in [0.1, 0.15) is 11.9 Å². The zero-order valence-electron chi connectivity index (χ0n) is 19.2. The van der Waals surface area contributed by atoms with Gasteiger partial charge in [-0.05, 0) is 42.7 Å². The van der Waals surface area contributed by atoms with Crippen molar-refractivity contribution in [3.63, 3.8) is 0 Å². The molecule has 0 aliphatic carbocycles. The van der Waals surface area contributed by atoms with E-state index in [0.717, 1.165) is 28.8 Å². The number of carbonyl (C=O) groups is 2. The van der Waals surface area contributed by atoms with Gasteiger partial charge in [0, 0.05) is 32.6 Å². The number of nitrogens with one attached hydrogen (secondary N) is 1. The summed E-state index contributed by atoms with van der Waals surface area (Å²) in [7, 11) is -2.38. The van der Waals surface area contributed by atoms with Crippen LogP contribution >= 0.6 is 0 Å². The molecule has 2 aromatic carbocycles. The number of halogens is 3. The fourth-order valence-electron chi connectivity index (χ4n) is 3.52. The Morgan fingerprint density at radius 3 is 2.21 bits per heavy atom. The van der Waals surface area contributed by atoms with Gasteiger partial charge in [0.25, 0.3) is 0 Å². The lowest BCUT2D eigenvalue weighted by molar-refractivity contribution is -0.141. The molecule has 11 heteroatoms. The van der Waals surface area contributed by atoms with E-state index < -0.39 is 39.4 Å². The summed E-state index contributed by atoms with van der Waals surface area (Å²) in [5.74, 6) is -3.50. The lowest BCUT2D eigenvalue weighted by atomic mass is 10.1. The zero-order chi connectivity index (χ0) is 25.5. The summed E-state index contributed by atoms with van der Waals surface area (Å²) in [6.07, 6.45) is 1.21. The maximum atomic E-state index is 13.6. The summed E-state index contributed by atoms with van der Waals surface area (Å²) in [6.45, 7) is 1.65. The van der Waals surface area contributed by atoms with E-state index >= 15 is 0 Å². The Morgan fingerprint density at radius 2 is 1.68 bits per heavy atom. The molecule has 0 aromatic heterocycles. The first-order chi connectivity index (χ1) is 16.0. The minimum absolute atomic E-state index is 0.0595. The van der Waals surface area contributed by atoms with Crippen LogP contribution in [0.3, 0.4) is 0 Å². The molecule has 2 amide bonds. The molecule has 0 saturated carbocycles. The topological polar surface area (TPSA) is 86.8 Å². The first-order valence-electron chi connectivity index (χ1n) is 10.7. The molecule has 1 atom stereocenters. The van der Waals surface area contributed by atoms with Crippen molar-refractivity contribution < 1.29 is 31.2 Å². The first kappa shape index (κ1) is 27.2. The van der Waals surface area contributed by atoms with Crippen molar-refractivity contribution in [2.24, 2.45) is 0 Å². The van der Waals surface area contributed by atoms with Crippen LogP contribution in [0.15, 0.2) is 42.5 Å². The maximum absolute atomic E-state index is 13.6. The lowest BCUT2D eigenvalue weighted by Crippen LogP contribution is -2.48.